The average molecular weight is 259 g/mol. The summed E-state index contributed by atoms with van der Waals surface area (Å²) in [5, 5.41) is 0. The molecule has 0 spiro atoms. The molecule has 0 aromatic carbocycles. The Morgan fingerprint density at radius 2 is 1.72 bits per heavy atom. The second-order valence-electron chi connectivity index (χ2n) is 4.87. The van der Waals surface area contributed by atoms with E-state index in [0.29, 0.717) is 0 Å². The topological polar surface area (TPSA) is 30.9 Å². The lowest BCUT2D eigenvalue weighted by Gasteiger charge is -2.32. The average Bonchev–Trinajstić information content (AvgIpc) is 2.38. The zero-order chi connectivity index (χ0) is 13.2. The first-order valence-electron chi connectivity index (χ1n) is 7.24. The van der Waals surface area contributed by atoms with Crippen LogP contribution in [0.25, 0.3) is 0 Å². The van der Waals surface area contributed by atoms with E-state index < -0.39 is 0 Å². The molecular formula is C14H29NO3. The summed E-state index contributed by atoms with van der Waals surface area (Å²) in [6.07, 6.45) is 3.44. The number of hydrogen-bond acceptors (Lipinski definition) is 4. The largest absolute Gasteiger partial charge is 0.384 e. The normalized spacial score (nSPS) is 18.7. The van der Waals surface area contributed by atoms with Crippen molar-refractivity contribution in [1.82, 2.24) is 4.90 Å². The van der Waals surface area contributed by atoms with Crippen LogP contribution in [0.5, 0.6) is 0 Å². The fourth-order valence-corrected chi connectivity index (χ4v) is 2.49. The van der Waals surface area contributed by atoms with E-state index in [1.807, 2.05) is 13.8 Å². The molecule has 1 saturated heterocycles. The number of likely N-dealkylation sites (tertiary alicyclic amines) is 1. The minimum atomic E-state index is -0.0308. The van der Waals surface area contributed by atoms with E-state index in [1.54, 1.807) is 7.11 Å². The number of rotatable bonds is 9. The van der Waals surface area contributed by atoms with Gasteiger partial charge in [0, 0.05) is 39.9 Å². The van der Waals surface area contributed by atoms with E-state index in [0.717, 1.165) is 38.7 Å². The molecule has 0 radical (unpaired) electrons. The third-order valence-corrected chi connectivity index (χ3v) is 3.50. The highest BCUT2D eigenvalue weighted by atomic mass is 16.7. The molecule has 0 aromatic rings. The van der Waals surface area contributed by atoms with E-state index in [2.05, 4.69) is 4.90 Å². The zero-order valence-electron chi connectivity index (χ0n) is 12.2. The summed E-state index contributed by atoms with van der Waals surface area (Å²) in [6, 6.07) is 0. The maximum absolute atomic E-state index is 5.56. The van der Waals surface area contributed by atoms with Crippen molar-refractivity contribution in [3.8, 4) is 0 Å². The lowest BCUT2D eigenvalue weighted by atomic mass is 9.98. The molecule has 0 aromatic heterocycles. The van der Waals surface area contributed by atoms with Crippen molar-refractivity contribution in [2.45, 2.75) is 39.4 Å². The lowest BCUT2D eigenvalue weighted by molar-refractivity contribution is -0.142. The van der Waals surface area contributed by atoms with Gasteiger partial charge < -0.3 is 19.1 Å². The number of hydrogen-bond donors (Lipinski definition) is 0. The smallest absolute Gasteiger partial charge is 0.158 e. The van der Waals surface area contributed by atoms with Crippen molar-refractivity contribution in [2.75, 3.05) is 46.6 Å². The van der Waals surface area contributed by atoms with Crippen LogP contribution in [0.1, 0.15) is 33.1 Å². The van der Waals surface area contributed by atoms with Crippen LogP contribution in [-0.2, 0) is 14.2 Å². The van der Waals surface area contributed by atoms with E-state index >= 15 is 0 Å². The molecule has 0 saturated carbocycles. The highest BCUT2D eigenvalue weighted by Gasteiger charge is 2.19. The van der Waals surface area contributed by atoms with Crippen LogP contribution in [0.15, 0.2) is 0 Å². The van der Waals surface area contributed by atoms with Gasteiger partial charge in [0.05, 0.1) is 0 Å². The Bertz CT molecular complexity index is 187. The van der Waals surface area contributed by atoms with Gasteiger partial charge in [-0.05, 0) is 45.7 Å². The van der Waals surface area contributed by atoms with Crippen molar-refractivity contribution < 1.29 is 14.2 Å². The maximum Gasteiger partial charge on any atom is 0.158 e. The van der Waals surface area contributed by atoms with Gasteiger partial charge in [-0.25, -0.2) is 0 Å². The lowest BCUT2D eigenvalue weighted by Crippen LogP contribution is -2.37. The summed E-state index contributed by atoms with van der Waals surface area (Å²) in [5.41, 5.74) is 0. The van der Waals surface area contributed by atoms with Crippen LogP contribution in [0.4, 0.5) is 0 Å². The summed E-state index contributed by atoms with van der Waals surface area (Å²) in [6.45, 7) is 9.82. The van der Waals surface area contributed by atoms with Gasteiger partial charge in [0.2, 0.25) is 0 Å². The summed E-state index contributed by atoms with van der Waals surface area (Å²) in [7, 11) is 1.79. The molecule has 1 fully saturated rings. The molecule has 0 N–H and O–H groups in total. The molecule has 0 amide bonds. The molecule has 108 valence electrons. The van der Waals surface area contributed by atoms with Crippen molar-refractivity contribution in [3.05, 3.63) is 0 Å². The van der Waals surface area contributed by atoms with Crippen LogP contribution < -0.4 is 0 Å². The van der Waals surface area contributed by atoms with Crippen molar-refractivity contribution in [2.24, 2.45) is 5.92 Å². The van der Waals surface area contributed by atoms with E-state index in [1.165, 1.54) is 25.9 Å². The molecule has 4 heteroatoms. The Hall–Kier alpha value is -0.160. The molecule has 0 bridgehead atoms. The summed E-state index contributed by atoms with van der Waals surface area (Å²) in [5.74, 6) is 0.751. The quantitative estimate of drug-likeness (QED) is 0.594. The first-order valence-corrected chi connectivity index (χ1v) is 7.24. The zero-order valence-corrected chi connectivity index (χ0v) is 12.2. The van der Waals surface area contributed by atoms with Crippen LogP contribution in [-0.4, -0.2) is 57.8 Å². The first-order chi connectivity index (χ1) is 8.80. The van der Waals surface area contributed by atoms with E-state index in [4.69, 9.17) is 14.2 Å². The third kappa shape index (κ3) is 6.14. The van der Waals surface area contributed by atoms with Gasteiger partial charge in [0.15, 0.2) is 6.29 Å². The van der Waals surface area contributed by atoms with Gasteiger partial charge in [-0.2, -0.15) is 0 Å². The first kappa shape index (κ1) is 15.9. The minimum Gasteiger partial charge on any atom is -0.384 e. The van der Waals surface area contributed by atoms with Gasteiger partial charge in [0.1, 0.15) is 0 Å². The van der Waals surface area contributed by atoms with Gasteiger partial charge in [-0.1, -0.05) is 0 Å². The van der Waals surface area contributed by atoms with Crippen LogP contribution >= 0.6 is 0 Å². The molecule has 1 aliphatic heterocycles. The minimum absolute atomic E-state index is 0.0308. The Morgan fingerprint density at radius 3 is 2.22 bits per heavy atom. The fraction of sp³-hybridized carbons (Fsp3) is 1.00. The molecule has 18 heavy (non-hydrogen) atoms. The fourth-order valence-electron chi connectivity index (χ4n) is 2.49. The SMILES string of the molecule is CCOC(CCN1CCC(COC)CC1)OCC. The number of piperidine rings is 1. The maximum atomic E-state index is 5.56. The Kier molecular flexibility index (Phi) is 8.59. The molecule has 0 unspecified atom stereocenters. The monoisotopic (exact) mass is 259 g/mol. The number of ether oxygens (including phenoxy) is 3. The molecule has 1 rings (SSSR count). The third-order valence-electron chi connectivity index (χ3n) is 3.50. The summed E-state index contributed by atoms with van der Waals surface area (Å²) in [4.78, 5) is 2.51. The Balaban J connectivity index is 2.15. The molecule has 0 atom stereocenters. The molecule has 4 nitrogen and oxygen atoms in total. The highest BCUT2D eigenvalue weighted by Crippen LogP contribution is 2.17. The highest BCUT2D eigenvalue weighted by molar-refractivity contribution is 4.72. The molecule has 1 aliphatic rings. The number of nitrogens with zero attached hydrogens (tertiary/aromatic N) is 1. The molecule has 0 aliphatic carbocycles. The predicted molar refractivity (Wildman–Crippen MR) is 72.7 cm³/mol. The standard InChI is InChI=1S/C14H29NO3/c1-4-17-14(18-5-2)8-11-15-9-6-13(7-10-15)12-16-3/h13-14H,4-12H2,1-3H3. The summed E-state index contributed by atoms with van der Waals surface area (Å²) < 4.78 is 16.3. The Morgan fingerprint density at radius 1 is 1.11 bits per heavy atom. The van der Waals surface area contributed by atoms with Gasteiger partial charge in [-0.3, -0.25) is 0 Å². The van der Waals surface area contributed by atoms with E-state index in [-0.39, 0.29) is 6.29 Å². The molecular weight excluding hydrogens is 230 g/mol. The number of methoxy groups -OCH3 is 1. The predicted octanol–water partition coefficient (Wildman–Crippen LogP) is 2.13. The van der Waals surface area contributed by atoms with Crippen molar-refractivity contribution in [1.29, 1.82) is 0 Å². The van der Waals surface area contributed by atoms with Crippen LogP contribution in [0.3, 0.4) is 0 Å². The molecule has 1 heterocycles. The van der Waals surface area contributed by atoms with Crippen molar-refractivity contribution >= 4 is 0 Å². The van der Waals surface area contributed by atoms with Gasteiger partial charge >= 0.3 is 0 Å². The summed E-state index contributed by atoms with van der Waals surface area (Å²) >= 11 is 0. The van der Waals surface area contributed by atoms with Crippen LogP contribution in [0.2, 0.25) is 0 Å². The van der Waals surface area contributed by atoms with Crippen LogP contribution in [0, 0.1) is 5.92 Å². The van der Waals surface area contributed by atoms with Crippen molar-refractivity contribution in [3.63, 3.8) is 0 Å². The van der Waals surface area contributed by atoms with E-state index in [9.17, 15) is 0 Å². The Labute approximate surface area is 112 Å². The second kappa shape index (κ2) is 9.73. The van der Waals surface area contributed by atoms with Gasteiger partial charge in [0.25, 0.3) is 0 Å². The second-order valence-corrected chi connectivity index (χ2v) is 4.87. The van der Waals surface area contributed by atoms with Gasteiger partial charge in [-0.15, -0.1) is 0 Å².